The number of benzene rings is 1. The van der Waals surface area contributed by atoms with Crippen LogP contribution in [0.1, 0.15) is 52.0 Å². The Morgan fingerprint density at radius 2 is 1.96 bits per heavy atom. The molecule has 4 amide bonds. The van der Waals surface area contributed by atoms with E-state index in [1.807, 2.05) is 0 Å². The number of nitrogens with two attached hydrogens (primary N) is 1. The number of fused-ring (bicyclic) bond motifs is 1. The summed E-state index contributed by atoms with van der Waals surface area (Å²) in [4.78, 5) is 50.1. The van der Waals surface area contributed by atoms with Gasteiger partial charge in [0.1, 0.15) is 6.04 Å². The molecule has 1 unspecified atom stereocenters. The van der Waals surface area contributed by atoms with Gasteiger partial charge in [-0.1, -0.05) is 12.1 Å². The van der Waals surface area contributed by atoms with Crippen molar-refractivity contribution < 1.29 is 19.2 Å². The zero-order valence-corrected chi connectivity index (χ0v) is 14.2. The summed E-state index contributed by atoms with van der Waals surface area (Å²) in [5, 5.41) is 5.44. The van der Waals surface area contributed by atoms with Crippen LogP contribution in [0.3, 0.4) is 0 Å². The van der Waals surface area contributed by atoms with Gasteiger partial charge in [-0.15, -0.1) is 0 Å². The Bertz CT molecular complexity index is 830. The van der Waals surface area contributed by atoms with Gasteiger partial charge in [-0.3, -0.25) is 29.4 Å². The molecule has 0 spiro atoms. The van der Waals surface area contributed by atoms with Gasteiger partial charge in [0, 0.05) is 25.0 Å². The molecule has 4 N–H and O–H groups in total. The first-order valence-corrected chi connectivity index (χ1v) is 8.73. The van der Waals surface area contributed by atoms with Gasteiger partial charge in [0.05, 0.1) is 11.1 Å². The lowest BCUT2D eigenvalue weighted by Crippen LogP contribution is -2.54. The van der Waals surface area contributed by atoms with Crippen molar-refractivity contribution in [2.75, 3.05) is 6.54 Å². The Hall–Kier alpha value is -2.58. The van der Waals surface area contributed by atoms with E-state index in [2.05, 4.69) is 10.6 Å². The predicted octanol–water partition coefficient (Wildman–Crippen LogP) is -0.331. The van der Waals surface area contributed by atoms with Gasteiger partial charge < -0.3 is 11.1 Å². The van der Waals surface area contributed by atoms with Gasteiger partial charge in [-0.2, -0.15) is 0 Å². The summed E-state index contributed by atoms with van der Waals surface area (Å²) in [6, 6.07) is 4.17. The quantitative estimate of drug-likeness (QED) is 0.621. The third-order valence-corrected chi connectivity index (χ3v) is 5.24. The van der Waals surface area contributed by atoms with E-state index in [1.54, 1.807) is 18.2 Å². The number of amides is 4. The van der Waals surface area contributed by atoms with Gasteiger partial charge >= 0.3 is 0 Å². The number of hydrogen-bond acceptors (Lipinski definition) is 6. The molecule has 8 nitrogen and oxygen atoms in total. The van der Waals surface area contributed by atoms with Gasteiger partial charge in [-0.05, 0) is 30.9 Å². The summed E-state index contributed by atoms with van der Waals surface area (Å²) in [6.45, 7) is 1.07. The largest absolute Gasteiger partial charge is 0.324 e. The van der Waals surface area contributed by atoms with Crippen LogP contribution in [-0.2, 0) is 16.1 Å². The Morgan fingerprint density at radius 3 is 2.65 bits per heavy atom. The van der Waals surface area contributed by atoms with Crippen LogP contribution < -0.4 is 16.4 Å². The van der Waals surface area contributed by atoms with Crippen molar-refractivity contribution in [3.63, 3.8) is 0 Å². The molecule has 0 aromatic heterocycles. The minimum Gasteiger partial charge on any atom is -0.324 e. The third kappa shape index (κ3) is 2.81. The van der Waals surface area contributed by atoms with E-state index >= 15 is 0 Å². The molecule has 3 aliphatic rings. The summed E-state index contributed by atoms with van der Waals surface area (Å²) in [5.41, 5.74) is 7.24. The number of nitrogens with zero attached hydrogens (tertiary/aromatic N) is 1. The number of hydrogen-bond donors (Lipinski definition) is 3. The van der Waals surface area contributed by atoms with Crippen molar-refractivity contribution >= 4 is 23.6 Å². The fraction of sp³-hybridized carbons (Fsp3) is 0.444. The summed E-state index contributed by atoms with van der Waals surface area (Å²) in [5.74, 6) is -1.96. The topological polar surface area (TPSA) is 122 Å². The van der Waals surface area contributed by atoms with Crippen LogP contribution in [0, 0.1) is 0 Å². The van der Waals surface area contributed by atoms with E-state index in [0.29, 0.717) is 29.8 Å². The SMILES string of the molecule is NC1(CNCc2cccc3c2C(=O)N(C2CCC(=O)NC2=O)C3=O)CC1. The van der Waals surface area contributed by atoms with E-state index in [1.165, 1.54) is 0 Å². The molecule has 2 fully saturated rings. The number of carbonyl (C=O) groups is 4. The summed E-state index contributed by atoms with van der Waals surface area (Å²) in [7, 11) is 0. The number of nitrogens with one attached hydrogen (secondary N) is 2. The van der Waals surface area contributed by atoms with Gasteiger partial charge in [0.25, 0.3) is 11.8 Å². The zero-order chi connectivity index (χ0) is 18.5. The molecule has 1 aromatic rings. The van der Waals surface area contributed by atoms with E-state index in [-0.39, 0.29) is 24.3 Å². The highest BCUT2D eigenvalue weighted by molar-refractivity contribution is 6.24. The van der Waals surface area contributed by atoms with Gasteiger partial charge in [0.15, 0.2) is 0 Å². The normalized spacial score (nSPS) is 23.9. The lowest BCUT2D eigenvalue weighted by molar-refractivity contribution is -0.136. The van der Waals surface area contributed by atoms with Gasteiger partial charge in [-0.25, -0.2) is 0 Å². The van der Waals surface area contributed by atoms with Crippen LogP contribution in [0.15, 0.2) is 18.2 Å². The summed E-state index contributed by atoms with van der Waals surface area (Å²) >= 11 is 0. The minimum atomic E-state index is -0.945. The smallest absolute Gasteiger partial charge is 0.262 e. The molecule has 136 valence electrons. The Balaban J connectivity index is 1.56. The number of imide groups is 2. The summed E-state index contributed by atoms with van der Waals surface area (Å²) in [6.07, 6.45) is 2.22. The van der Waals surface area contributed by atoms with Crippen molar-refractivity contribution in [1.82, 2.24) is 15.5 Å². The van der Waals surface area contributed by atoms with Crippen LogP contribution in [0.25, 0.3) is 0 Å². The second kappa shape index (κ2) is 6.00. The molecule has 1 atom stereocenters. The molecule has 8 heteroatoms. The van der Waals surface area contributed by atoms with Crippen LogP contribution in [0.2, 0.25) is 0 Å². The standard InChI is InChI=1S/C18H20N4O4/c19-18(6-7-18)9-20-8-10-2-1-3-11-14(10)17(26)22(16(11)25)12-4-5-13(23)21-15(12)24/h1-3,12,20H,4-9,19H2,(H,21,23,24). The second-order valence-corrected chi connectivity index (χ2v) is 7.25. The van der Waals surface area contributed by atoms with Crippen molar-refractivity contribution in [3.05, 3.63) is 34.9 Å². The van der Waals surface area contributed by atoms with Crippen molar-refractivity contribution in [1.29, 1.82) is 0 Å². The van der Waals surface area contributed by atoms with Gasteiger partial charge in [0.2, 0.25) is 11.8 Å². The van der Waals surface area contributed by atoms with Crippen LogP contribution in [0.5, 0.6) is 0 Å². The highest BCUT2D eigenvalue weighted by atomic mass is 16.2. The lowest BCUT2D eigenvalue weighted by Gasteiger charge is -2.27. The first kappa shape index (κ1) is 16.9. The van der Waals surface area contributed by atoms with E-state index in [9.17, 15) is 19.2 Å². The first-order chi connectivity index (χ1) is 12.4. The highest BCUT2D eigenvalue weighted by Crippen LogP contribution is 2.32. The van der Waals surface area contributed by atoms with Crippen molar-refractivity contribution in [3.8, 4) is 0 Å². The highest BCUT2D eigenvalue weighted by Gasteiger charge is 2.45. The Kier molecular flexibility index (Phi) is 3.89. The van der Waals surface area contributed by atoms with E-state index in [4.69, 9.17) is 5.73 Å². The molecule has 26 heavy (non-hydrogen) atoms. The fourth-order valence-electron chi connectivity index (χ4n) is 3.52. The number of rotatable bonds is 5. The molecule has 0 radical (unpaired) electrons. The van der Waals surface area contributed by atoms with Crippen molar-refractivity contribution in [2.24, 2.45) is 5.73 Å². The number of piperidine rings is 1. The Morgan fingerprint density at radius 1 is 1.19 bits per heavy atom. The zero-order valence-electron chi connectivity index (χ0n) is 14.2. The van der Waals surface area contributed by atoms with Crippen molar-refractivity contribution in [2.45, 2.75) is 43.8 Å². The molecular formula is C18H20N4O4. The first-order valence-electron chi connectivity index (χ1n) is 8.73. The van der Waals surface area contributed by atoms with Crippen LogP contribution in [-0.4, -0.2) is 46.7 Å². The molecule has 2 heterocycles. The molecule has 2 aliphatic heterocycles. The third-order valence-electron chi connectivity index (χ3n) is 5.24. The van der Waals surface area contributed by atoms with Crippen LogP contribution >= 0.6 is 0 Å². The average molecular weight is 356 g/mol. The second-order valence-electron chi connectivity index (χ2n) is 7.25. The maximum atomic E-state index is 12.9. The average Bonchev–Trinajstić information content (AvgIpc) is 3.27. The molecule has 1 aliphatic carbocycles. The molecule has 0 bridgehead atoms. The molecular weight excluding hydrogens is 336 g/mol. The Labute approximate surface area is 150 Å². The summed E-state index contributed by atoms with van der Waals surface area (Å²) < 4.78 is 0. The molecule has 1 saturated heterocycles. The molecule has 1 saturated carbocycles. The molecule has 1 aromatic carbocycles. The van der Waals surface area contributed by atoms with E-state index < -0.39 is 23.8 Å². The maximum Gasteiger partial charge on any atom is 0.262 e. The van der Waals surface area contributed by atoms with Crippen LogP contribution in [0.4, 0.5) is 0 Å². The van der Waals surface area contributed by atoms with E-state index in [0.717, 1.165) is 17.7 Å². The number of carbonyl (C=O) groups excluding carboxylic acids is 4. The fourth-order valence-corrected chi connectivity index (χ4v) is 3.52. The lowest BCUT2D eigenvalue weighted by atomic mass is 10.0. The monoisotopic (exact) mass is 356 g/mol. The molecule has 4 rings (SSSR count). The predicted molar refractivity (Wildman–Crippen MR) is 91.0 cm³/mol. The minimum absolute atomic E-state index is 0.108. The maximum absolute atomic E-state index is 12.9.